The van der Waals surface area contributed by atoms with E-state index in [9.17, 15) is 38.4 Å². The number of rotatable bonds is 4. The summed E-state index contributed by atoms with van der Waals surface area (Å²) in [7, 11) is 0. The molecular weight excluding hydrogens is 1210 g/mol. The van der Waals surface area contributed by atoms with Gasteiger partial charge in [0.1, 0.15) is 24.2 Å². The molecule has 0 spiro atoms. The topological polar surface area (TPSA) is 198 Å². The Bertz CT molecular complexity index is 3550. The van der Waals surface area contributed by atoms with Gasteiger partial charge >= 0.3 is 0 Å². The fourth-order valence-electron chi connectivity index (χ4n) is 12.9. The number of nitrogens with one attached hydrogen (secondary N) is 4. The molecule has 16 heteroatoms. The van der Waals surface area contributed by atoms with Crippen LogP contribution in [0, 0.1) is 0 Å². The summed E-state index contributed by atoms with van der Waals surface area (Å²) in [5.41, 5.74) is 14.6. The van der Waals surface area contributed by atoms with Crippen LogP contribution in [-0.2, 0) is 67.0 Å². The molecule has 97 heavy (non-hydrogen) atoms. The number of carbonyl (C=O) groups excluding carboxylic acids is 8. The molecule has 4 unspecified atom stereocenters. The van der Waals surface area contributed by atoms with E-state index in [0.717, 1.165) is 104 Å². The number of hydrogen-bond acceptors (Lipinski definition) is 8. The average molecular weight is 1330 g/mol. The first-order valence-corrected chi connectivity index (χ1v) is 34.8. The fourth-order valence-corrected chi connectivity index (χ4v) is 12.9. The van der Waals surface area contributed by atoms with Gasteiger partial charge in [0.15, 0.2) is 0 Å². The maximum atomic E-state index is 12.9. The van der Waals surface area contributed by atoms with Crippen LogP contribution in [0.5, 0.6) is 0 Å². The van der Waals surface area contributed by atoms with Crippen molar-refractivity contribution in [2.75, 3.05) is 0 Å². The molecule has 0 radical (unpaired) electrons. The minimum atomic E-state index is -0.391. The highest BCUT2D eigenvalue weighted by Gasteiger charge is 2.44. The van der Waals surface area contributed by atoms with Gasteiger partial charge in [-0.05, 0) is 136 Å². The van der Waals surface area contributed by atoms with E-state index in [1.807, 2.05) is 110 Å². The second-order valence-electron chi connectivity index (χ2n) is 28.7. The first-order chi connectivity index (χ1) is 45.1. The van der Waals surface area contributed by atoms with Gasteiger partial charge in [0.2, 0.25) is 23.6 Å². The number of amides is 8. The smallest absolute Gasteiger partial charge is 0.255 e. The molecule has 0 saturated carbocycles. The highest BCUT2D eigenvalue weighted by molar-refractivity contribution is 6.05. The lowest BCUT2D eigenvalue weighted by Gasteiger charge is -2.31. The molecule has 12 rings (SSSR count). The van der Waals surface area contributed by atoms with Gasteiger partial charge in [0.25, 0.3) is 23.6 Å². The maximum absolute atomic E-state index is 12.9. The molecule has 4 aromatic carbocycles. The molecule has 16 nitrogen and oxygen atoms in total. The summed E-state index contributed by atoms with van der Waals surface area (Å²) < 4.78 is 0. The van der Waals surface area contributed by atoms with Gasteiger partial charge < -0.3 is 40.9 Å². The molecule has 8 aliphatic rings. The number of nitrogens with zero attached hydrogens (tertiary/aromatic N) is 4. The van der Waals surface area contributed by atoms with Gasteiger partial charge in [-0.3, -0.25) is 38.4 Å². The zero-order chi connectivity index (χ0) is 72.3. The van der Waals surface area contributed by atoms with Crippen LogP contribution in [0.15, 0.2) is 122 Å². The van der Waals surface area contributed by atoms with Crippen LogP contribution in [0.25, 0.3) is 0 Å². The third-order valence-electron chi connectivity index (χ3n) is 18.0. The first kappa shape index (κ1) is 81.0. The van der Waals surface area contributed by atoms with E-state index < -0.39 is 12.1 Å². The van der Waals surface area contributed by atoms with Crippen LogP contribution >= 0.6 is 0 Å². The van der Waals surface area contributed by atoms with Crippen LogP contribution in [-0.4, -0.2) is 91.0 Å². The molecule has 8 aliphatic heterocycles. The minimum Gasteiger partial charge on any atom is -0.329 e. The molecule has 528 valence electrons. The Hall–Kier alpha value is -8.40. The Morgan fingerprint density at radius 2 is 0.691 bits per heavy atom. The molecule has 8 heterocycles. The van der Waals surface area contributed by atoms with Crippen molar-refractivity contribution in [2.24, 2.45) is 0 Å². The lowest BCUT2D eigenvalue weighted by Crippen LogP contribution is -2.49. The quantitative estimate of drug-likeness (QED) is 0.155. The minimum absolute atomic E-state index is 0. The van der Waals surface area contributed by atoms with E-state index in [-0.39, 0.29) is 88.4 Å². The predicted octanol–water partition coefficient (Wildman–Crippen LogP) is 15.7. The number of carbonyl (C=O) groups is 8. The Morgan fingerprint density at radius 1 is 0.351 bits per heavy atom. The van der Waals surface area contributed by atoms with Crippen molar-refractivity contribution in [1.29, 1.82) is 0 Å². The van der Waals surface area contributed by atoms with Crippen LogP contribution in [0.3, 0.4) is 0 Å². The standard InChI is InChI=1S/4C18H22N2O2.4C2H6.CH4/c1-11-5-8-15(16(21)19-11)20-10-12-9-13(18(2,3)4)6-7-14(12)17(20)22;1-11-5-8-15(16(21)19-11)20-10-12-6-7-13(18(2,3)4)9-14(12)17(20)22;1-11-8-9-15(16(21)19-11)20-10-13-12(17(20)22)6-5-7-14(13)18(2,3)4;1-11-8-9-14(16(21)19-11)20-10-12-6-5-7-13(18(2,3)4)15(12)17(20)22;4*1-2;/h2*6-7,9,15H,1,5,8,10H2,2-4H3,(H,19,21);5-7,15H,1,8-10H2,2-4H3,(H,19,21);5-7,14H,1,8-10H2,2-4H3,(H,19,21);4*1-2H3;1H4. The summed E-state index contributed by atoms with van der Waals surface area (Å²) in [6, 6.07) is 22.4. The second kappa shape index (κ2) is 33.7. The summed E-state index contributed by atoms with van der Waals surface area (Å²) in [4.78, 5) is 106. The number of hydrogen-bond donors (Lipinski definition) is 4. The van der Waals surface area contributed by atoms with Crippen molar-refractivity contribution in [3.8, 4) is 0 Å². The van der Waals surface area contributed by atoms with E-state index in [0.29, 0.717) is 51.9 Å². The van der Waals surface area contributed by atoms with Gasteiger partial charge in [-0.1, -0.05) is 227 Å². The molecule has 4 fully saturated rings. The summed E-state index contributed by atoms with van der Waals surface area (Å²) in [6.07, 6.45) is 5.50. The molecule has 8 amide bonds. The Balaban J connectivity index is 0.000000264. The van der Waals surface area contributed by atoms with Gasteiger partial charge in [0, 0.05) is 71.2 Å². The molecule has 0 bridgehead atoms. The van der Waals surface area contributed by atoms with E-state index in [2.05, 4.69) is 149 Å². The monoisotopic (exact) mass is 1330 g/mol. The van der Waals surface area contributed by atoms with Crippen molar-refractivity contribution in [1.82, 2.24) is 40.9 Å². The molecular formula is C81H116N8O8. The van der Waals surface area contributed by atoms with Crippen molar-refractivity contribution in [3.63, 3.8) is 0 Å². The van der Waals surface area contributed by atoms with Crippen LogP contribution in [0.4, 0.5) is 0 Å². The van der Waals surface area contributed by atoms with Gasteiger partial charge in [0.05, 0.1) is 0 Å². The van der Waals surface area contributed by atoms with Gasteiger partial charge in [-0.25, -0.2) is 0 Å². The number of allylic oxidation sites excluding steroid dienone is 4. The molecule has 0 aromatic heterocycles. The summed E-state index contributed by atoms with van der Waals surface area (Å²) in [6.45, 7) is 58.9. The largest absolute Gasteiger partial charge is 0.329 e. The summed E-state index contributed by atoms with van der Waals surface area (Å²) >= 11 is 0. The molecule has 4 N–H and O–H groups in total. The average Bonchev–Trinajstić information content (AvgIpc) is 1.65. The van der Waals surface area contributed by atoms with Crippen LogP contribution in [0.1, 0.15) is 283 Å². The maximum Gasteiger partial charge on any atom is 0.255 e. The van der Waals surface area contributed by atoms with Crippen LogP contribution in [0.2, 0.25) is 0 Å². The Morgan fingerprint density at radius 3 is 1.10 bits per heavy atom. The first-order valence-electron chi connectivity index (χ1n) is 34.8. The predicted molar refractivity (Wildman–Crippen MR) is 393 cm³/mol. The zero-order valence-corrected chi connectivity index (χ0v) is 61.6. The third kappa shape index (κ3) is 18.6. The van der Waals surface area contributed by atoms with Gasteiger partial charge in [-0.2, -0.15) is 0 Å². The molecule has 4 saturated heterocycles. The number of piperidine rings is 4. The highest BCUT2D eigenvalue weighted by atomic mass is 16.2. The molecule has 0 aliphatic carbocycles. The van der Waals surface area contributed by atoms with Crippen LogP contribution < -0.4 is 21.3 Å². The number of benzene rings is 4. The lowest BCUT2D eigenvalue weighted by molar-refractivity contribution is -0.127. The van der Waals surface area contributed by atoms with Crippen molar-refractivity contribution < 1.29 is 38.4 Å². The lowest BCUT2D eigenvalue weighted by atomic mass is 9.82. The Kier molecular flexibility index (Phi) is 28.2. The van der Waals surface area contributed by atoms with E-state index in [1.165, 1.54) is 11.1 Å². The van der Waals surface area contributed by atoms with Crippen molar-refractivity contribution >= 4 is 47.3 Å². The third-order valence-corrected chi connectivity index (χ3v) is 18.0. The molecule has 4 atom stereocenters. The highest BCUT2D eigenvalue weighted by Crippen LogP contribution is 2.39. The van der Waals surface area contributed by atoms with Crippen molar-refractivity contribution in [2.45, 2.75) is 269 Å². The van der Waals surface area contributed by atoms with E-state index in [4.69, 9.17) is 0 Å². The van der Waals surface area contributed by atoms with E-state index in [1.54, 1.807) is 19.6 Å². The van der Waals surface area contributed by atoms with Crippen molar-refractivity contribution in [3.05, 3.63) is 189 Å². The second-order valence-corrected chi connectivity index (χ2v) is 28.7. The Labute approximate surface area is 581 Å². The summed E-state index contributed by atoms with van der Waals surface area (Å²) in [5, 5.41) is 11.1. The normalized spacial score (nSPS) is 20.1. The zero-order valence-electron chi connectivity index (χ0n) is 61.6. The number of fused-ring (bicyclic) bond motifs is 4. The van der Waals surface area contributed by atoms with Gasteiger partial charge in [-0.15, -0.1) is 0 Å². The molecule has 4 aromatic rings. The fraction of sp³-hybridized carbons (Fsp3) is 0.506. The summed E-state index contributed by atoms with van der Waals surface area (Å²) in [5.74, 6) is -0.592. The SMILES string of the molecule is C.C=C1CCC(N2Cc3c(cccc3C(C)(C)C)C2=O)C(=O)N1.C=C1CCC(N2Cc3cc(C(C)(C)C)ccc3C2=O)C(=O)N1.C=C1CCC(N2Cc3ccc(C(C)(C)C)cc3C2=O)C(=O)N1.C=C1CCC(N2Cc3cccc(C(C)(C)C)c3C2=O)C(=O)N1.CC.CC.CC.CC. The van der Waals surface area contributed by atoms with E-state index >= 15 is 0 Å².